The number of nitrogens with two attached hydrogens (primary N) is 1. The van der Waals surface area contributed by atoms with Crippen molar-refractivity contribution >= 4 is 22.3 Å². The average Bonchev–Trinajstić information content (AvgIpc) is 2.38. The second-order valence-electron chi connectivity index (χ2n) is 5.90. The van der Waals surface area contributed by atoms with Gasteiger partial charge >= 0.3 is 0 Å². The Bertz CT molecular complexity index is 576. The molecular weight excluding hydrogens is 246 g/mol. The molecule has 2 rings (SSSR count). The van der Waals surface area contributed by atoms with Crippen molar-refractivity contribution in [3.8, 4) is 0 Å². The van der Waals surface area contributed by atoms with Crippen LogP contribution in [-0.4, -0.2) is 11.5 Å². The van der Waals surface area contributed by atoms with Crippen molar-refractivity contribution < 1.29 is 0 Å². The van der Waals surface area contributed by atoms with Gasteiger partial charge in [-0.15, -0.1) is 0 Å². The first-order chi connectivity index (χ1) is 9.56. The summed E-state index contributed by atoms with van der Waals surface area (Å²) in [6, 6.07) is 7.99. The van der Waals surface area contributed by atoms with Gasteiger partial charge in [-0.1, -0.05) is 26.7 Å². The molecule has 20 heavy (non-hydrogen) atoms. The molecule has 0 aliphatic heterocycles. The minimum absolute atomic E-state index is 0.783. The Morgan fingerprint density at radius 2 is 2.00 bits per heavy atom. The Balaban J connectivity index is 2.07. The van der Waals surface area contributed by atoms with E-state index in [4.69, 9.17) is 5.73 Å². The lowest BCUT2D eigenvalue weighted by molar-refractivity contribution is 0.545. The number of nitrogens with one attached hydrogen (secondary N) is 1. The standard InChI is InChI=1S/C17H25N3/c1-12(2)6-4-5-9-19-17-10-13(3)20-16-8-7-14(18)11-15(16)17/h7-8,10-12H,4-6,9,18H2,1-3H3,(H,19,20). The number of nitrogens with zero attached hydrogens (tertiary/aromatic N) is 1. The highest BCUT2D eigenvalue weighted by Crippen LogP contribution is 2.25. The van der Waals surface area contributed by atoms with E-state index in [1.54, 1.807) is 0 Å². The number of hydrogen-bond acceptors (Lipinski definition) is 3. The number of benzene rings is 1. The van der Waals surface area contributed by atoms with Crippen molar-refractivity contribution in [3.63, 3.8) is 0 Å². The zero-order valence-electron chi connectivity index (χ0n) is 12.7. The predicted molar refractivity (Wildman–Crippen MR) is 88.1 cm³/mol. The maximum absolute atomic E-state index is 5.88. The molecule has 2 aromatic rings. The summed E-state index contributed by atoms with van der Waals surface area (Å²) in [4.78, 5) is 4.55. The van der Waals surface area contributed by atoms with Crippen LogP contribution in [0, 0.1) is 12.8 Å². The summed E-state index contributed by atoms with van der Waals surface area (Å²) in [7, 11) is 0. The molecular formula is C17H25N3. The molecule has 0 aliphatic carbocycles. The topological polar surface area (TPSA) is 50.9 Å². The SMILES string of the molecule is Cc1cc(NCCCCC(C)C)c2cc(N)ccc2n1. The largest absolute Gasteiger partial charge is 0.399 e. The van der Waals surface area contributed by atoms with Crippen LogP contribution in [0.1, 0.15) is 38.8 Å². The average molecular weight is 271 g/mol. The van der Waals surface area contributed by atoms with E-state index >= 15 is 0 Å². The van der Waals surface area contributed by atoms with E-state index in [1.807, 2.05) is 25.1 Å². The fourth-order valence-electron chi connectivity index (χ4n) is 2.42. The highest BCUT2D eigenvalue weighted by Gasteiger charge is 2.04. The van der Waals surface area contributed by atoms with Gasteiger partial charge in [0.15, 0.2) is 0 Å². The van der Waals surface area contributed by atoms with Gasteiger partial charge in [-0.3, -0.25) is 4.98 Å². The molecule has 0 fully saturated rings. The van der Waals surface area contributed by atoms with Crippen LogP contribution in [0.25, 0.3) is 10.9 Å². The van der Waals surface area contributed by atoms with Crippen LogP contribution >= 0.6 is 0 Å². The Labute approximate surface area is 121 Å². The molecule has 0 bridgehead atoms. The Hall–Kier alpha value is -1.77. The number of hydrogen-bond donors (Lipinski definition) is 2. The van der Waals surface area contributed by atoms with E-state index in [0.717, 1.165) is 40.4 Å². The van der Waals surface area contributed by atoms with Crippen LogP contribution in [0.2, 0.25) is 0 Å². The monoisotopic (exact) mass is 271 g/mol. The summed E-state index contributed by atoms with van der Waals surface area (Å²) in [5.41, 5.74) is 9.85. The number of aryl methyl sites for hydroxylation is 1. The van der Waals surface area contributed by atoms with Crippen LogP contribution in [0.4, 0.5) is 11.4 Å². The lowest BCUT2D eigenvalue weighted by atomic mass is 10.1. The third kappa shape index (κ3) is 3.86. The second-order valence-corrected chi connectivity index (χ2v) is 5.90. The van der Waals surface area contributed by atoms with E-state index in [0.29, 0.717) is 0 Å². The molecule has 3 N–H and O–H groups in total. The first kappa shape index (κ1) is 14.6. The van der Waals surface area contributed by atoms with E-state index in [1.165, 1.54) is 19.3 Å². The molecule has 3 heteroatoms. The minimum atomic E-state index is 0.783. The van der Waals surface area contributed by atoms with Crippen molar-refractivity contribution in [2.45, 2.75) is 40.0 Å². The normalized spacial score (nSPS) is 11.2. The van der Waals surface area contributed by atoms with Gasteiger partial charge < -0.3 is 11.1 Å². The summed E-state index contributed by atoms with van der Waals surface area (Å²) in [5, 5.41) is 4.64. The summed E-state index contributed by atoms with van der Waals surface area (Å²) in [6.45, 7) is 7.58. The van der Waals surface area contributed by atoms with Gasteiger partial charge in [0.25, 0.3) is 0 Å². The third-order valence-electron chi connectivity index (χ3n) is 3.48. The summed E-state index contributed by atoms with van der Waals surface area (Å²) < 4.78 is 0. The number of pyridine rings is 1. The van der Waals surface area contributed by atoms with Crippen LogP contribution in [0.5, 0.6) is 0 Å². The third-order valence-corrected chi connectivity index (χ3v) is 3.48. The van der Waals surface area contributed by atoms with E-state index < -0.39 is 0 Å². The van der Waals surface area contributed by atoms with Gasteiger partial charge in [0.1, 0.15) is 0 Å². The Kier molecular flexibility index (Phi) is 4.83. The number of nitrogen functional groups attached to an aromatic ring is 1. The highest BCUT2D eigenvalue weighted by atomic mass is 14.9. The van der Waals surface area contributed by atoms with Crippen molar-refractivity contribution in [1.29, 1.82) is 0 Å². The molecule has 0 saturated carbocycles. The number of fused-ring (bicyclic) bond motifs is 1. The number of rotatable bonds is 6. The minimum Gasteiger partial charge on any atom is -0.399 e. The van der Waals surface area contributed by atoms with Crippen molar-refractivity contribution in [2.24, 2.45) is 5.92 Å². The molecule has 3 nitrogen and oxygen atoms in total. The van der Waals surface area contributed by atoms with Crippen LogP contribution in [-0.2, 0) is 0 Å². The van der Waals surface area contributed by atoms with Gasteiger partial charge in [-0.25, -0.2) is 0 Å². The molecule has 0 saturated heterocycles. The fraction of sp³-hybridized carbons (Fsp3) is 0.471. The first-order valence-corrected chi connectivity index (χ1v) is 7.47. The molecule has 1 heterocycles. The predicted octanol–water partition coefficient (Wildman–Crippen LogP) is 4.36. The van der Waals surface area contributed by atoms with Gasteiger partial charge in [-0.05, 0) is 43.5 Å². The van der Waals surface area contributed by atoms with Crippen LogP contribution < -0.4 is 11.1 Å². The quantitative estimate of drug-likeness (QED) is 0.606. The summed E-state index contributed by atoms with van der Waals surface area (Å²) >= 11 is 0. The van der Waals surface area contributed by atoms with Gasteiger partial charge in [0, 0.05) is 29.0 Å². The highest BCUT2D eigenvalue weighted by molar-refractivity contribution is 5.93. The van der Waals surface area contributed by atoms with Crippen LogP contribution in [0.3, 0.4) is 0 Å². The molecule has 1 aromatic carbocycles. The molecule has 0 radical (unpaired) electrons. The molecule has 108 valence electrons. The van der Waals surface area contributed by atoms with Crippen LogP contribution in [0.15, 0.2) is 24.3 Å². The smallest absolute Gasteiger partial charge is 0.0727 e. The summed E-state index contributed by atoms with van der Waals surface area (Å²) in [5.74, 6) is 0.791. The lowest BCUT2D eigenvalue weighted by Gasteiger charge is -2.11. The molecule has 0 aliphatic rings. The van der Waals surface area contributed by atoms with E-state index in [9.17, 15) is 0 Å². The zero-order chi connectivity index (χ0) is 14.5. The van der Waals surface area contributed by atoms with E-state index in [-0.39, 0.29) is 0 Å². The number of unbranched alkanes of at least 4 members (excludes halogenated alkanes) is 1. The second kappa shape index (κ2) is 6.60. The maximum Gasteiger partial charge on any atom is 0.0727 e. The zero-order valence-corrected chi connectivity index (χ0v) is 12.7. The maximum atomic E-state index is 5.88. The first-order valence-electron chi connectivity index (χ1n) is 7.47. The fourth-order valence-corrected chi connectivity index (χ4v) is 2.42. The Morgan fingerprint density at radius 1 is 1.20 bits per heavy atom. The molecule has 0 atom stereocenters. The molecule has 0 amide bonds. The molecule has 0 unspecified atom stereocenters. The number of anilines is 2. The summed E-state index contributed by atoms with van der Waals surface area (Å²) in [6.07, 6.45) is 3.77. The Morgan fingerprint density at radius 3 is 2.75 bits per heavy atom. The van der Waals surface area contributed by atoms with Crippen molar-refractivity contribution in [2.75, 3.05) is 17.6 Å². The lowest BCUT2D eigenvalue weighted by Crippen LogP contribution is -2.04. The number of aromatic nitrogens is 1. The van der Waals surface area contributed by atoms with E-state index in [2.05, 4.69) is 30.2 Å². The molecule has 1 aromatic heterocycles. The molecule has 0 spiro atoms. The van der Waals surface area contributed by atoms with Gasteiger partial charge in [0.05, 0.1) is 5.52 Å². The van der Waals surface area contributed by atoms with Crippen molar-refractivity contribution in [3.05, 3.63) is 30.0 Å². The van der Waals surface area contributed by atoms with Gasteiger partial charge in [-0.2, -0.15) is 0 Å². The van der Waals surface area contributed by atoms with Crippen molar-refractivity contribution in [1.82, 2.24) is 4.98 Å². The van der Waals surface area contributed by atoms with Gasteiger partial charge in [0.2, 0.25) is 0 Å².